The Bertz CT molecular complexity index is 283. The van der Waals surface area contributed by atoms with E-state index >= 15 is 0 Å². The molecule has 96 valence electrons. The van der Waals surface area contributed by atoms with Crippen LogP contribution in [0.15, 0.2) is 0 Å². The fraction of sp³-hybridized carbons (Fsp3) is 1.00. The molecule has 1 unspecified atom stereocenters. The molecule has 0 amide bonds. The SMILES string of the molecule is CCS(=O)(=O)CCCCCC(NC)C1CC1. The summed E-state index contributed by atoms with van der Waals surface area (Å²) < 4.78 is 22.5. The molecule has 0 radical (unpaired) electrons. The summed E-state index contributed by atoms with van der Waals surface area (Å²) in [6.07, 6.45) is 6.97. The van der Waals surface area contributed by atoms with Gasteiger partial charge in [-0.1, -0.05) is 19.8 Å². The molecule has 1 rings (SSSR count). The Kier molecular flexibility index (Phi) is 5.76. The summed E-state index contributed by atoms with van der Waals surface area (Å²) >= 11 is 0. The lowest BCUT2D eigenvalue weighted by Gasteiger charge is -2.14. The molecule has 1 aliphatic rings. The molecule has 0 heterocycles. The predicted octanol–water partition coefficient (Wildman–Crippen LogP) is 1.98. The molecule has 0 saturated heterocycles. The number of hydrogen-bond donors (Lipinski definition) is 1. The lowest BCUT2D eigenvalue weighted by atomic mass is 10.0. The molecule has 1 aliphatic carbocycles. The van der Waals surface area contributed by atoms with Crippen molar-refractivity contribution in [2.75, 3.05) is 18.6 Å². The second kappa shape index (κ2) is 6.60. The zero-order chi connectivity index (χ0) is 12.0. The van der Waals surface area contributed by atoms with Gasteiger partial charge in [0.25, 0.3) is 0 Å². The highest BCUT2D eigenvalue weighted by Crippen LogP contribution is 2.34. The van der Waals surface area contributed by atoms with E-state index in [2.05, 4.69) is 5.32 Å². The third kappa shape index (κ3) is 5.30. The number of nitrogens with one attached hydrogen (secondary N) is 1. The van der Waals surface area contributed by atoms with Crippen molar-refractivity contribution < 1.29 is 8.42 Å². The van der Waals surface area contributed by atoms with E-state index in [9.17, 15) is 8.42 Å². The highest BCUT2D eigenvalue weighted by molar-refractivity contribution is 7.91. The minimum absolute atomic E-state index is 0.286. The van der Waals surface area contributed by atoms with Gasteiger partial charge in [-0.3, -0.25) is 0 Å². The Labute approximate surface area is 99.9 Å². The highest BCUT2D eigenvalue weighted by atomic mass is 32.2. The number of unbranched alkanes of at least 4 members (excludes halogenated alkanes) is 2. The van der Waals surface area contributed by atoms with Gasteiger partial charge in [0.2, 0.25) is 0 Å². The highest BCUT2D eigenvalue weighted by Gasteiger charge is 2.29. The molecule has 0 aliphatic heterocycles. The molecule has 3 nitrogen and oxygen atoms in total. The summed E-state index contributed by atoms with van der Waals surface area (Å²) in [4.78, 5) is 0. The monoisotopic (exact) mass is 247 g/mol. The third-order valence-electron chi connectivity index (χ3n) is 3.47. The van der Waals surface area contributed by atoms with Gasteiger partial charge in [0.05, 0.1) is 5.75 Å². The third-order valence-corrected chi connectivity index (χ3v) is 5.26. The first-order valence-electron chi connectivity index (χ1n) is 6.46. The second-order valence-corrected chi connectivity index (χ2v) is 7.29. The van der Waals surface area contributed by atoms with E-state index < -0.39 is 9.84 Å². The van der Waals surface area contributed by atoms with E-state index in [1.807, 2.05) is 7.05 Å². The lowest BCUT2D eigenvalue weighted by molar-refractivity contribution is 0.448. The Morgan fingerprint density at radius 3 is 2.44 bits per heavy atom. The average Bonchev–Trinajstić information content (AvgIpc) is 3.07. The van der Waals surface area contributed by atoms with Crippen LogP contribution in [0.3, 0.4) is 0 Å². The molecule has 1 N–H and O–H groups in total. The Morgan fingerprint density at radius 1 is 1.25 bits per heavy atom. The van der Waals surface area contributed by atoms with Crippen molar-refractivity contribution in [3.05, 3.63) is 0 Å². The van der Waals surface area contributed by atoms with E-state index in [0.29, 0.717) is 11.8 Å². The Hall–Kier alpha value is -0.0900. The fourth-order valence-electron chi connectivity index (χ4n) is 2.12. The van der Waals surface area contributed by atoms with Crippen LogP contribution in [0.4, 0.5) is 0 Å². The van der Waals surface area contributed by atoms with Gasteiger partial charge in [-0.2, -0.15) is 0 Å². The van der Waals surface area contributed by atoms with Crippen molar-refractivity contribution in [1.82, 2.24) is 5.32 Å². The molecule has 4 heteroatoms. The number of hydrogen-bond acceptors (Lipinski definition) is 3. The van der Waals surface area contributed by atoms with E-state index in [1.54, 1.807) is 6.92 Å². The normalized spacial score (nSPS) is 18.6. The van der Waals surface area contributed by atoms with Crippen LogP contribution in [0, 0.1) is 5.92 Å². The minimum atomic E-state index is -2.75. The van der Waals surface area contributed by atoms with E-state index in [1.165, 1.54) is 19.3 Å². The van der Waals surface area contributed by atoms with Gasteiger partial charge in [-0.15, -0.1) is 0 Å². The minimum Gasteiger partial charge on any atom is -0.317 e. The van der Waals surface area contributed by atoms with Crippen molar-refractivity contribution in [3.8, 4) is 0 Å². The average molecular weight is 247 g/mol. The van der Waals surface area contributed by atoms with Gasteiger partial charge in [0.1, 0.15) is 9.84 Å². The predicted molar refractivity (Wildman–Crippen MR) is 68.4 cm³/mol. The lowest BCUT2D eigenvalue weighted by Crippen LogP contribution is -2.27. The largest absolute Gasteiger partial charge is 0.317 e. The molecule has 0 aromatic heterocycles. The van der Waals surface area contributed by atoms with E-state index in [0.717, 1.165) is 25.2 Å². The van der Waals surface area contributed by atoms with Crippen molar-refractivity contribution in [2.45, 2.75) is 51.5 Å². The van der Waals surface area contributed by atoms with Crippen LogP contribution in [-0.4, -0.2) is 33.0 Å². The molecule has 1 fully saturated rings. The zero-order valence-corrected chi connectivity index (χ0v) is 11.4. The number of sulfone groups is 1. The second-order valence-electron chi connectivity index (χ2n) is 4.82. The fourth-order valence-corrected chi connectivity index (χ4v) is 3.05. The summed E-state index contributed by atoms with van der Waals surface area (Å²) in [5.41, 5.74) is 0. The maximum Gasteiger partial charge on any atom is 0.150 e. The molecular weight excluding hydrogens is 222 g/mol. The summed E-state index contributed by atoms with van der Waals surface area (Å²) in [5.74, 6) is 1.55. The summed E-state index contributed by atoms with van der Waals surface area (Å²) in [7, 11) is -0.713. The van der Waals surface area contributed by atoms with Crippen LogP contribution in [0.5, 0.6) is 0 Å². The smallest absolute Gasteiger partial charge is 0.150 e. The van der Waals surface area contributed by atoms with Crippen molar-refractivity contribution in [1.29, 1.82) is 0 Å². The first-order chi connectivity index (χ1) is 7.59. The van der Waals surface area contributed by atoms with Crippen LogP contribution in [0.1, 0.15) is 45.4 Å². The van der Waals surface area contributed by atoms with Crippen LogP contribution < -0.4 is 5.32 Å². The molecular formula is C12H25NO2S. The first kappa shape index (κ1) is 14.0. The van der Waals surface area contributed by atoms with Gasteiger partial charge in [-0.25, -0.2) is 8.42 Å². The number of rotatable bonds is 9. The van der Waals surface area contributed by atoms with Crippen LogP contribution >= 0.6 is 0 Å². The van der Waals surface area contributed by atoms with Crippen molar-refractivity contribution in [2.24, 2.45) is 5.92 Å². The van der Waals surface area contributed by atoms with Crippen molar-refractivity contribution in [3.63, 3.8) is 0 Å². The van der Waals surface area contributed by atoms with Gasteiger partial charge >= 0.3 is 0 Å². The van der Waals surface area contributed by atoms with Gasteiger partial charge in [-0.05, 0) is 38.6 Å². The molecule has 1 atom stereocenters. The molecule has 0 aromatic carbocycles. The van der Waals surface area contributed by atoms with Gasteiger partial charge < -0.3 is 5.32 Å². The van der Waals surface area contributed by atoms with Gasteiger partial charge in [0, 0.05) is 11.8 Å². The molecule has 16 heavy (non-hydrogen) atoms. The summed E-state index contributed by atoms with van der Waals surface area (Å²) in [6, 6.07) is 0.669. The summed E-state index contributed by atoms with van der Waals surface area (Å²) in [5, 5.41) is 3.36. The first-order valence-corrected chi connectivity index (χ1v) is 8.29. The quantitative estimate of drug-likeness (QED) is 0.634. The molecule has 0 bridgehead atoms. The van der Waals surface area contributed by atoms with E-state index in [-0.39, 0.29) is 5.75 Å². The molecule has 0 aromatic rings. The topological polar surface area (TPSA) is 46.2 Å². The maximum absolute atomic E-state index is 11.3. The molecule has 1 saturated carbocycles. The van der Waals surface area contributed by atoms with E-state index in [4.69, 9.17) is 0 Å². The van der Waals surface area contributed by atoms with Crippen LogP contribution in [-0.2, 0) is 9.84 Å². The van der Waals surface area contributed by atoms with Crippen molar-refractivity contribution >= 4 is 9.84 Å². The molecule has 0 spiro atoms. The van der Waals surface area contributed by atoms with Crippen LogP contribution in [0.2, 0.25) is 0 Å². The maximum atomic E-state index is 11.3. The van der Waals surface area contributed by atoms with Crippen LogP contribution in [0.25, 0.3) is 0 Å². The Balaban J connectivity index is 2.03. The van der Waals surface area contributed by atoms with Gasteiger partial charge in [0.15, 0.2) is 0 Å². The standard InChI is InChI=1S/C12H25NO2S/c1-3-16(14,15)10-6-4-5-7-12(13-2)11-8-9-11/h11-13H,3-10H2,1-2H3. The Morgan fingerprint density at radius 2 is 1.94 bits per heavy atom. The summed E-state index contributed by atoms with van der Waals surface area (Å²) in [6.45, 7) is 1.72. The zero-order valence-electron chi connectivity index (χ0n) is 10.5.